The molecule has 6 aliphatic rings. The highest BCUT2D eigenvalue weighted by atomic mass is 32.2. The second kappa shape index (κ2) is 20.9. The minimum absolute atomic E-state index is 0.0423. The Bertz CT molecular complexity index is 2740. The van der Waals surface area contributed by atoms with Crippen LogP contribution >= 0.6 is 11.8 Å². The molecule has 2 bridgehead atoms. The summed E-state index contributed by atoms with van der Waals surface area (Å²) in [6, 6.07) is 17.2. The van der Waals surface area contributed by atoms with Crippen LogP contribution < -0.4 is 14.9 Å². The van der Waals surface area contributed by atoms with E-state index in [0.717, 1.165) is 61.6 Å². The van der Waals surface area contributed by atoms with Crippen LogP contribution in [0.15, 0.2) is 98.6 Å². The molecule has 3 aromatic rings. The number of halogens is 5. The second-order valence-corrected chi connectivity index (χ2v) is 27.0. The van der Waals surface area contributed by atoms with Crippen LogP contribution in [0.1, 0.15) is 89.9 Å². The summed E-state index contributed by atoms with van der Waals surface area (Å²) >= 11 is 1.41. The van der Waals surface area contributed by atoms with Crippen LogP contribution in [0.5, 0.6) is 0 Å². The number of nitrogens with zero attached hydrogens (tertiary/aromatic N) is 4. The standard InChI is InChI=1S/C52H67F5N6O7S3/c1-48(2,3)70-47(65)63-27-21-60(22-28-63)20-18-38(32-71-40-9-7-6-8-10-40)58-43-16-15-41(29-44(43)72(66,67)52(55,56)57)73(68,69)59-45(64)36-11-13-39(14-12-36)62-25-23-61(24-26-62)31-37-17-19-49(4,5)30-42(37)50-33-51(34-50,35-50)46(53)54/h6-16,29,38,46,58H,17-28,30-35H2,1-5H3,(H,59,64)/t38-,50?,51?/m1/s1. The van der Waals surface area contributed by atoms with E-state index >= 15 is 0 Å². The van der Waals surface area contributed by atoms with Crippen molar-refractivity contribution in [3.8, 4) is 0 Å². The van der Waals surface area contributed by atoms with E-state index in [4.69, 9.17) is 4.74 Å². The number of piperazine rings is 2. The molecule has 400 valence electrons. The number of thioether (sulfide) groups is 1. The molecule has 13 nitrogen and oxygen atoms in total. The van der Waals surface area contributed by atoms with Gasteiger partial charge in [-0.1, -0.05) is 43.2 Å². The van der Waals surface area contributed by atoms with Gasteiger partial charge in [-0.05, 0) is 131 Å². The summed E-state index contributed by atoms with van der Waals surface area (Å²) in [5.74, 6) is -0.765. The molecule has 0 radical (unpaired) electrons. The first-order valence-corrected chi connectivity index (χ1v) is 28.9. The molecule has 9 rings (SSSR count). The maximum atomic E-state index is 14.3. The van der Waals surface area contributed by atoms with Gasteiger partial charge in [0.05, 0.1) is 10.6 Å². The van der Waals surface area contributed by atoms with Crippen LogP contribution in [-0.4, -0.2) is 138 Å². The number of sulfone groups is 1. The normalized spacial score (nSPS) is 23.4. The van der Waals surface area contributed by atoms with Crippen LogP contribution in [-0.2, 0) is 24.6 Å². The minimum atomic E-state index is -6.13. The minimum Gasteiger partial charge on any atom is -0.444 e. The van der Waals surface area contributed by atoms with Crippen molar-refractivity contribution >= 4 is 55.0 Å². The van der Waals surface area contributed by atoms with E-state index in [-0.39, 0.29) is 16.4 Å². The van der Waals surface area contributed by atoms with E-state index in [1.807, 2.05) is 35.1 Å². The maximum absolute atomic E-state index is 14.3. The zero-order valence-corrected chi connectivity index (χ0v) is 44.5. The third-order valence-electron chi connectivity index (χ3n) is 15.1. The molecule has 2 saturated heterocycles. The van der Waals surface area contributed by atoms with Crippen LogP contribution in [0.4, 0.5) is 38.1 Å². The summed E-state index contributed by atoms with van der Waals surface area (Å²) in [4.78, 5) is 33.0. The number of sulfonamides is 1. The van der Waals surface area contributed by atoms with Crippen molar-refractivity contribution in [1.29, 1.82) is 0 Å². The van der Waals surface area contributed by atoms with Gasteiger partial charge in [0.15, 0.2) is 0 Å². The molecule has 0 aromatic heterocycles. The van der Waals surface area contributed by atoms with E-state index in [2.05, 4.69) is 33.9 Å². The first-order valence-electron chi connectivity index (χ1n) is 24.9. The first-order chi connectivity index (χ1) is 34.2. The molecule has 5 fully saturated rings. The zero-order chi connectivity index (χ0) is 52.8. The number of amides is 2. The number of allylic oxidation sites excluding steroid dienone is 1. The van der Waals surface area contributed by atoms with Crippen LogP contribution in [0.2, 0.25) is 0 Å². The van der Waals surface area contributed by atoms with Gasteiger partial charge in [-0.25, -0.2) is 35.1 Å². The Morgan fingerprint density at radius 1 is 0.822 bits per heavy atom. The van der Waals surface area contributed by atoms with Gasteiger partial charge >= 0.3 is 11.6 Å². The van der Waals surface area contributed by atoms with Crippen molar-refractivity contribution in [3.05, 3.63) is 89.5 Å². The Balaban J connectivity index is 0.910. The Morgan fingerprint density at radius 3 is 2.05 bits per heavy atom. The highest BCUT2D eigenvalue weighted by Gasteiger charge is 2.73. The molecule has 2 heterocycles. The molecular weight excluding hydrogens is 1010 g/mol. The Morgan fingerprint density at radius 2 is 1.45 bits per heavy atom. The lowest BCUT2D eigenvalue weighted by atomic mass is 9.32. The smallest absolute Gasteiger partial charge is 0.444 e. The molecule has 0 unspecified atom stereocenters. The number of alkyl halides is 5. The maximum Gasteiger partial charge on any atom is 0.501 e. The number of nitrogens with one attached hydrogen (secondary N) is 2. The average molecular weight is 1080 g/mol. The van der Waals surface area contributed by atoms with Crippen LogP contribution in [0.25, 0.3) is 0 Å². The molecule has 1 atom stereocenters. The van der Waals surface area contributed by atoms with E-state index in [1.165, 1.54) is 35.0 Å². The topological polar surface area (TPSA) is 149 Å². The number of carbonyl (C=O) groups is 2. The van der Waals surface area contributed by atoms with Crippen molar-refractivity contribution in [1.82, 2.24) is 19.4 Å². The number of ether oxygens (including phenoxy) is 1. The van der Waals surface area contributed by atoms with Crippen molar-refractivity contribution in [3.63, 3.8) is 0 Å². The van der Waals surface area contributed by atoms with Gasteiger partial charge in [-0.15, -0.1) is 11.8 Å². The molecule has 2 N–H and O–H groups in total. The van der Waals surface area contributed by atoms with Crippen molar-refractivity contribution in [2.24, 2.45) is 16.2 Å². The van der Waals surface area contributed by atoms with Crippen molar-refractivity contribution in [2.45, 2.75) is 118 Å². The monoisotopic (exact) mass is 1080 g/mol. The number of hydrogen-bond acceptors (Lipinski definition) is 12. The molecule has 2 aliphatic heterocycles. The predicted octanol–water partition coefficient (Wildman–Crippen LogP) is 9.68. The molecule has 3 aromatic carbocycles. The highest BCUT2D eigenvalue weighted by Crippen LogP contribution is 2.79. The number of rotatable bonds is 17. The van der Waals surface area contributed by atoms with Crippen molar-refractivity contribution < 1.29 is 53.1 Å². The molecule has 3 saturated carbocycles. The van der Waals surface area contributed by atoms with Crippen LogP contribution in [0.3, 0.4) is 0 Å². The van der Waals surface area contributed by atoms with E-state index in [1.54, 1.807) is 37.8 Å². The summed E-state index contributed by atoms with van der Waals surface area (Å²) < 4.78 is 132. The summed E-state index contributed by atoms with van der Waals surface area (Å²) in [6.07, 6.45) is 2.42. The Labute approximate surface area is 430 Å². The SMILES string of the molecule is CC1(C)CCC(CN2CCN(c3ccc(C(=O)NS(=O)(=O)c4ccc(N[C@H](CCN5CCN(C(=O)OC(C)(C)C)CC5)CSc5ccccc5)c(S(=O)(=O)C(F)(F)F)c4)cc3)CC2)=C(C23CC(C(F)F)(C2)C3)C1. The molecule has 0 spiro atoms. The first kappa shape index (κ1) is 54.8. The van der Waals surface area contributed by atoms with Crippen molar-refractivity contribution in [2.75, 3.05) is 81.4 Å². The largest absolute Gasteiger partial charge is 0.501 e. The second-order valence-electron chi connectivity index (χ2n) is 22.3. The highest BCUT2D eigenvalue weighted by molar-refractivity contribution is 7.99. The summed E-state index contributed by atoms with van der Waals surface area (Å²) in [5.41, 5.74) is -4.02. The van der Waals surface area contributed by atoms with Gasteiger partial charge < -0.3 is 19.9 Å². The van der Waals surface area contributed by atoms with Gasteiger partial charge in [0.2, 0.25) is 6.43 Å². The van der Waals surface area contributed by atoms with Gasteiger partial charge in [-0.2, -0.15) is 13.2 Å². The average Bonchev–Trinajstić information content (AvgIpc) is 3.29. The number of hydrogen-bond donors (Lipinski definition) is 2. The lowest BCUT2D eigenvalue weighted by Gasteiger charge is -2.72. The van der Waals surface area contributed by atoms with Gasteiger partial charge in [0, 0.05) is 98.8 Å². The van der Waals surface area contributed by atoms with Gasteiger partial charge in [0.25, 0.3) is 25.8 Å². The fourth-order valence-corrected chi connectivity index (χ4v) is 14.1. The molecule has 73 heavy (non-hydrogen) atoms. The molecule has 2 amide bonds. The van der Waals surface area contributed by atoms with E-state index in [0.29, 0.717) is 83.3 Å². The quantitative estimate of drug-likeness (QED) is 0.0754. The fraction of sp³-hybridized carbons (Fsp3) is 0.577. The lowest BCUT2D eigenvalue weighted by Crippen LogP contribution is -2.66. The number of benzene rings is 3. The van der Waals surface area contributed by atoms with Gasteiger partial charge in [0.1, 0.15) is 10.5 Å². The lowest BCUT2D eigenvalue weighted by molar-refractivity contribution is -0.250. The molecule has 21 heteroatoms. The fourth-order valence-electron chi connectivity index (χ4n) is 11.1. The van der Waals surface area contributed by atoms with E-state index in [9.17, 15) is 48.4 Å². The predicted molar refractivity (Wildman–Crippen MR) is 272 cm³/mol. The third-order valence-corrected chi connectivity index (χ3v) is 19.1. The summed E-state index contributed by atoms with van der Waals surface area (Å²) in [6.45, 7) is 15.8. The summed E-state index contributed by atoms with van der Waals surface area (Å²) in [5, 5.41) is 2.98. The molecular formula is C52H67F5N6O7S3. The summed E-state index contributed by atoms with van der Waals surface area (Å²) in [7, 11) is -11.0. The number of carbonyl (C=O) groups excluding carboxylic acids is 2. The third kappa shape index (κ3) is 12.5. The molecule has 4 aliphatic carbocycles. The van der Waals surface area contributed by atoms with Crippen LogP contribution in [0, 0.1) is 16.2 Å². The Hall–Kier alpha value is -4.44. The number of anilines is 2. The Kier molecular flexibility index (Phi) is 15.7. The zero-order valence-electron chi connectivity index (χ0n) is 42.1. The van der Waals surface area contributed by atoms with Gasteiger partial charge in [-0.3, -0.25) is 14.6 Å². The van der Waals surface area contributed by atoms with E-state index < -0.39 is 76.3 Å².